The Labute approximate surface area is 58.7 Å². The zero-order valence-electron chi connectivity index (χ0n) is 4.72. The van der Waals surface area contributed by atoms with Gasteiger partial charge in [-0.3, -0.25) is 0 Å². The molecule has 0 aromatic heterocycles. The third-order valence-corrected chi connectivity index (χ3v) is 1.46. The molecule has 9 heteroatoms. The molecular weight excluding hydrogens is 197 g/mol. The molecule has 0 aliphatic rings. The van der Waals surface area contributed by atoms with Gasteiger partial charge in [-0.05, 0) is 0 Å². The molecule has 0 aromatic rings. The highest BCUT2D eigenvalue weighted by Crippen LogP contribution is 2.17. The molecule has 0 radical (unpaired) electrons. The van der Waals surface area contributed by atoms with E-state index in [4.69, 9.17) is 0 Å². The van der Waals surface area contributed by atoms with E-state index in [1.54, 1.807) is 0 Å². The fourth-order valence-corrected chi connectivity index (χ4v) is 0.656. The normalized spacial score (nSPS) is 13.5. The van der Waals surface area contributed by atoms with Gasteiger partial charge in [0.15, 0.2) is 0 Å². The van der Waals surface area contributed by atoms with E-state index in [2.05, 4.69) is 0 Å². The van der Waals surface area contributed by atoms with E-state index in [-0.39, 0.29) is 0 Å². The number of halogens is 5. The van der Waals surface area contributed by atoms with Crippen LogP contribution in [0.15, 0.2) is 0 Å². The second-order valence-corrected chi connectivity index (χ2v) is 2.57. The molecule has 0 heterocycles. The number of hydrogen-bond acceptors (Lipinski definition) is 2. The number of rotatable bonds is 3. The van der Waals surface area contributed by atoms with Crippen LogP contribution in [0.2, 0.25) is 0 Å². The average Bonchev–Trinajstić information content (AvgIpc) is 1.54. The molecule has 0 fully saturated rings. The molecule has 0 spiro atoms. The van der Waals surface area contributed by atoms with Gasteiger partial charge in [-0.2, -0.15) is 26.0 Å². The van der Waals surface area contributed by atoms with Crippen molar-refractivity contribution in [3.8, 4) is 0 Å². The van der Waals surface area contributed by atoms with E-state index in [0.29, 0.717) is 0 Å². The molecule has 0 N–H and O–H groups in total. The van der Waals surface area contributed by atoms with Crippen molar-refractivity contribution in [1.82, 2.24) is 4.31 Å². The Balaban J connectivity index is 4.64. The van der Waals surface area contributed by atoms with Crippen LogP contribution in [0.1, 0.15) is 0 Å². The second kappa shape index (κ2) is 3.30. The fraction of sp³-hybridized carbons (Fsp3) is 1.00. The van der Waals surface area contributed by atoms with Gasteiger partial charge in [-0.15, -0.1) is 0 Å². The highest BCUT2D eigenvalue weighted by molar-refractivity contribution is 7.84. The van der Waals surface area contributed by atoms with Gasteiger partial charge < -0.3 is 0 Å². The Kier molecular flexibility index (Phi) is 3.17. The summed E-state index contributed by atoms with van der Waals surface area (Å²) in [6.45, 7) is -8.16. The van der Waals surface area contributed by atoms with Crippen molar-refractivity contribution in [2.75, 3.05) is 0 Å². The summed E-state index contributed by atoms with van der Waals surface area (Å²) < 4.78 is 73.8. The maximum atomic E-state index is 11.5. The Bertz CT molecular complexity index is 205. The summed E-state index contributed by atoms with van der Waals surface area (Å²) in [6.07, 6.45) is 0. The molecule has 3 nitrogen and oxygen atoms in total. The Morgan fingerprint density at radius 3 is 1.27 bits per heavy atom. The Morgan fingerprint density at radius 2 is 1.27 bits per heavy atom. The minimum Gasteiger partial charge on any atom is -0.190 e. The van der Waals surface area contributed by atoms with Crippen LogP contribution < -0.4 is 0 Å². The summed E-state index contributed by atoms with van der Waals surface area (Å²) in [7, 11) is -6.03. The summed E-state index contributed by atoms with van der Waals surface area (Å²) >= 11 is 0. The zero-order chi connectivity index (χ0) is 9.23. The van der Waals surface area contributed by atoms with E-state index >= 15 is 0 Å². The lowest BCUT2D eigenvalue weighted by Gasteiger charge is -2.13. The first kappa shape index (κ1) is 10.6. The summed E-state index contributed by atoms with van der Waals surface area (Å²) in [5.41, 5.74) is 0. The van der Waals surface area contributed by atoms with Crippen molar-refractivity contribution in [2.45, 2.75) is 13.1 Å². The predicted octanol–water partition coefficient (Wildman–Crippen LogP) is 0.948. The van der Waals surface area contributed by atoms with Crippen LogP contribution in [0.3, 0.4) is 0 Å². The van der Waals surface area contributed by atoms with Crippen molar-refractivity contribution in [3.05, 3.63) is 0 Å². The lowest BCUT2D eigenvalue weighted by Crippen LogP contribution is -2.36. The van der Waals surface area contributed by atoms with E-state index in [1.165, 1.54) is 0 Å². The van der Waals surface area contributed by atoms with Crippen LogP contribution in [0.25, 0.3) is 0 Å². The van der Waals surface area contributed by atoms with Crippen LogP contribution >= 0.6 is 0 Å². The summed E-state index contributed by atoms with van der Waals surface area (Å²) in [5, 5.41) is 0. The van der Waals surface area contributed by atoms with Crippen LogP contribution in [0.5, 0.6) is 0 Å². The molecule has 0 aliphatic carbocycles. The summed E-state index contributed by atoms with van der Waals surface area (Å²) in [6, 6.07) is 0. The first-order chi connectivity index (χ1) is 4.76. The second-order valence-electron chi connectivity index (χ2n) is 1.33. The molecule has 0 rings (SSSR count). The van der Waals surface area contributed by atoms with Gasteiger partial charge in [0.1, 0.15) is 0 Å². The smallest absolute Gasteiger partial charge is 0.190 e. The maximum absolute atomic E-state index is 11.5. The fourth-order valence-electron chi connectivity index (χ4n) is 0.276. The molecule has 0 amide bonds. The average molecular weight is 199 g/mol. The molecule has 11 heavy (non-hydrogen) atoms. The monoisotopic (exact) mass is 199 g/mol. The van der Waals surface area contributed by atoms with Crippen LogP contribution in [0.4, 0.5) is 21.4 Å². The minimum atomic E-state index is -6.03. The largest absolute Gasteiger partial charge is 0.384 e. The quantitative estimate of drug-likeness (QED) is 0.385. The Hall–Kier alpha value is -0.440. The van der Waals surface area contributed by atoms with Crippen molar-refractivity contribution >= 4 is 10.4 Å². The minimum absolute atomic E-state index is 1.84. The molecule has 0 aromatic carbocycles. The Morgan fingerprint density at radius 1 is 1.00 bits per heavy atom. The maximum Gasteiger partial charge on any atom is 0.384 e. The highest BCUT2D eigenvalue weighted by Gasteiger charge is 2.37. The molecule has 0 unspecified atom stereocenters. The first-order valence-corrected chi connectivity index (χ1v) is 3.40. The topological polar surface area (TPSA) is 37.4 Å². The molecule has 0 bridgehead atoms. The van der Waals surface area contributed by atoms with Crippen LogP contribution in [-0.4, -0.2) is 25.8 Å². The zero-order valence-corrected chi connectivity index (χ0v) is 5.53. The SMILES string of the molecule is O=S(=O)(F)N(C(F)F)C(F)F. The van der Waals surface area contributed by atoms with E-state index in [1.807, 2.05) is 0 Å². The van der Waals surface area contributed by atoms with Gasteiger partial charge in [0.05, 0.1) is 0 Å². The summed E-state index contributed by atoms with van der Waals surface area (Å²) in [4.78, 5) is 0. The van der Waals surface area contributed by atoms with Gasteiger partial charge >= 0.3 is 23.5 Å². The number of alkyl halides is 4. The predicted molar refractivity (Wildman–Crippen MR) is 23.9 cm³/mol. The van der Waals surface area contributed by atoms with Crippen molar-refractivity contribution < 1.29 is 29.9 Å². The highest BCUT2D eigenvalue weighted by atomic mass is 32.3. The lowest BCUT2D eigenvalue weighted by atomic mass is 11.1. The van der Waals surface area contributed by atoms with Gasteiger partial charge in [0, 0.05) is 0 Å². The third-order valence-electron chi connectivity index (χ3n) is 0.637. The van der Waals surface area contributed by atoms with Gasteiger partial charge in [-0.1, -0.05) is 8.19 Å². The molecule has 0 saturated carbocycles. The van der Waals surface area contributed by atoms with Gasteiger partial charge in [0.2, 0.25) is 0 Å². The molecule has 68 valence electrons. The third kappa shape index (κ3) is 2.97. The number of nitrogens with zero attached hydrogens (tertiary/aromatic N) is 1. The number of hydrogen-bond donors (Lipinski definition) is 0. The van der Waals surface area contributed by atoms with Crippen molar-refractivity contribution in [1.29, 1.82) is 0 Å². The van der Waals surface area contributed by atoms with Crippen LogP contribution in [-0.2, 0) is 10.4 Å². The standard InChI is InChI=1S/C2H2F5NO2S/c3-1(4)8(2(5)6)11(7,9)10/h1-2H. The van der Waals surface area contributed by atoms with Crippen LogP contribution in [0, 0.1) is 0 Å². The van der Waals surface area contributed by atoms with E-state index in [9.17, 15) is 29.9 Å². The molecular formula is C2H2F5NO2S. The lowest BCUT2D eigenvalue weighted by molar-refractivity contribution is -0.0859. The van der Waals surface area contributed by atoms with Crippen molar-refractivity contribution in [3.63, 3.8) is 0 Å². The summed E-state index contributed by atoms with van der Waals surface area (Å²) in [5.74, 6) is 0. The van der Waals surface area contributed by atoms with Crippen molar-refractivity contribution in [2.24, 2.45) is 0 Å². The van der Waals surface area contributed by atoms with E-state index in [0.717, 1.165) is 0 Å². The molecule has 0 aliphatic heterocycles. The van der Waals surface area contributed by atoms with Gasteiger partial charge in [0.25, 0.3) is 0 Å². The molecule has 0 atom stereocenters. The molecule has 0 saturated heterocycles. The van der Waals surface area contributed by atoms with Gasteiger partial charge in [-0.25, -0.2) is 0 Å². The van der Waals surface area contributed by atoms with E-state index < -0.39 is 27.8 Å². The first-order valence-electron chi connectivity index (χ1n) is 2.06.